The molecule has 1 N–H and O–H groups in total. The van der Waals surface area contributed by atoms with E-state index >= 15 is 0 Å². The van der Waals surface area contributed by atoms with E-state index in [0.29, 0.717) is 6.54 Å². The molecule has 6 heteroatoms. The van der Waals surface area contributed by atoms with Crippen LogP contribution in [0.4, 0.5) is 0 Å². The molecule has 0 aromatic carbocycles. The highest BCUT2D eigenvalue weighted by Gasteiger charge is 2.24. The van der Waals surface area contributed by atoms with Crippen LogP contribution in [0, 0.1) is 5.92 Å². The lowest BCUT2D eigenvalue weighted by Gasteiger charge is -2.23. The number of hydrogen-bond acceptors (Lipinski definition) is 4. The number of piperidine rings is 1. The van der Waals surface area contributed by atoms with Gasteiger partial charge in [-0.15, -0.1) is 0 Å². The van der Waals surface area contributed by atoms with E-state index in [1.807, 2.05) is 6.92 Å². The van der Waals surface area contributed by atoms with Crippen molar-refractivity contribution in [2.75, 3.05) is 38.2 Å². The minimum absolute atomic E-state index is 0.132. The topological polar surface area (TPSA) is 66.5 Å². The Labute approximate surface area is 116 Å². The zero-order valence-electron chi connectivity index (χ0n) is 12.0. The van der Waals surface area contributed by atoms with Gasteiger partial charge in [0.25, 0.3) is 0 Å². The molecule has 0 aromatic rings. The van der Waals surface area contributed by atoms with E-state index in [9.17, 15) is 13.2 Å². The van der Waals surface area contributed by atoms with Gasteiger partial charge in [0.05, 0.1) is 5.75 Å². The van der Waals surface area contributed by atoms with Crippen molar-refractivity contribution >= 4 is 15.7 Å². The molecule has 1 rings (SSSR count). The van der Waals surface area contributed by atoms with E-state index in [1.54, 1.807) is 7.05 Å². The van der Waals surface area contributed by atoms with Gasteiger partial charge in [0, 0.05) is 13.6 Å². The third kappa shape index (κ3) is 6.38. The number of nitrogens with one attached hydrogen (secondary N) is 1. The molecule has 112 valence electrons. The van der Waals surface area contributed by atoms with Crippen molar-refractivity contribution < 1.29 is 13.2 Å². The molecule has 1 aliphatic heterocycles. The monoisotopic (exact) mass is 290 g/mol. The molecular formula is C13H26N2O3S. The van der Waals surface area contributed by atoms with Crippen LogP contribution < -0.4 is 5.32 Å². The summed E-state index contributed by atoms with van der Waals surface area (Å²) < 4.78 is 24.0. The zero-order valence-corrected chi connectivity index (χ0v) is 12.8. The number of rotatable bonds is 7. The van der Waals surface area contributed by atoms with Crippen molar-refractivity contribution in [1.29, 1.82) is 0 Å². The third-order valence-electron chi connectivity index (χ3n) is 3.50. The predicted octanol–water partition coefficient (Wildman–Crippen LogP) is 0.659. The summed E-state index contributed by atoms with van der Waals surface area (Å²) in [6.45, 7) is 4.40. The van der Waals surface area contributed by atoms with E-state index in [0.717, 1.165) is 38.8 Å². The van der Waals surface area contributed by atoms with E-state index < -0.39 is 9.84 Å². The van der Waals surface area contributed by atoms with Crippen LogP contribution in [0.15, 0.2) is 0 Å². The highest BCUT2D eigenvalue weighted by molar-refractivity contribution is 7.92. The number of nitrogens with zero attached hydrogens (tertiary/aromatic N) is 1. The minimum atomic E-state index is -3.28. The summed E-state index contributed by atoms with van der Waals surface area (Å²) in [6.07, 6.45) is 3.86. The third-order valence-corrected chi connectivity index (χ3v) is 5.17. The van der Waals surface area contributed by atoms with E-state index in [2.05, 4.69) is 5.32 Å². The molecule has 0 bridgehead atoms. The fourth-order valence-corrected chi connectivity index (χ4v) is 4.02. The Morgan fingerprint density at radius 1 is 1.42 bits per heavy atom. The summed E-state index contributed by atoms with van der Waals surface area (Å²) in [7, 11) is -1.61. The normalized spacial score (nSPS) is 20.2. The Hall–Kier alpha value is -0.620. The Kier molecular flexibility index (Phi) is 6.79. The summed E-state index contributed by atoms with van der Waals surface area (Å²) in [5.41, 5.74) is 0. The summed E-state index contributed by atoms with van der Waals surface area (Å²) in [4.78, 5) is 13.4. The molecule has 0 spiro atoms. The van der Waals surface area contributed by atoms with Crippen LogP contribution in [0.1, 0.15) is 32.6 Å². The first-order valence-corrected chi connectivity index (χ1v) is 8.92. The van der Waals surface area contributed by atoms with Gasteiger partial charge >= 0.3 is 0 Å². The molecule has 1 amide bonds. The molecule has 1 saturated heterocycles. The summed E-state index contributed by atoms with van der Waals surface area (Å²) in [5, 5.41) is 3.20. The minimum Gasteiger partial charge on any atom is -0.345 e. The molecule has 1 aliphatic rings. The molecule has 19 heavy (non-hydrogen) atoms. The lowest BCUT2D eigenvalue weighted by atomic mass is 10.0. The second-order valence-electron chi connectivity index (χ2n) is 5.44. The van der Waals surface area contributed by atoms with Crippen molar-refractivity contribution in [2.45, 2.75) is 32.6 Å². The molecule has 1 unspecified atom stereocenters. The number of sulfone groups is 1. The zero-order chi connectivity index (χ0) is 14.3. The number of unbranched alkanes of at least 4 members (excludes halogenated alkanes) is 1. The van der Waals surface area contributed by atoms with Gasteiger partial charge in [0.1, 0.15) is 5.75 Å². The maximum atomic E-state index is 12.0. The Bertz CT molecular complexity index is 375. The van der Waals surface area contributed by atoms with Gasteiger partial charge in [-0.2, -0.15) is 0 Å². The van der Waals surface area contributed by atoms with Crippen LogP contribution in [-0.4, -0.2) is 57.4 Å². The number of amides is 1. The van der Waals surface area contributed by atoms with Crippen LogP contribution in [-0.2, 0) is 14.6 Å². The smallest absolute Gasteiger partial charge is 0.237 e. The summed E-state index contributed by atoms with van der Waals surface area (Å²) >= 11 is 0. The van der Waals surface area contributed by atoms with Crippen molar-refractivity contribution in [3.05, 3.63) is 0 Å². The van der Waals surface area contributed by atoms with E-state index in [4.69, 9.17) is 0 Å². The van der Waals surface area contributed by atoms with Gasteiger partial charge in [-0.25, -0.2) is 8.42 Å². The highest BCUT2D eigenvalue weighted by atomic mass is 32.2. The Morgan fingerprint density at radius 2 is 2.16 bits per heavy atom. The fourth-order valence-electron chi connectivity index (χ4n) is 2.30. The molecule has 0 aromatic heterocycles. The fraction of sp³-hybridized carbons (Fsp3) is 0.923. The summed E-state index contributed by atoms with van der Waals surface area (Å²) in [5.74, 6) is -0.332. The molecular weight excluding hydrogens is 264 g/mol. The van der Waals surface area contributed by atoms with Gasteiger partial charge in [0.2, 0.25) is 5.91 Å². The highest BCUT2D eigenvalue weighted by Crippen LogP contribution is 2.13. The van der Waals surface area contributed by atoms with Gasteiger partial charge < -0.3 is 10.2 Å². The Balaban J connectivity index is 2.42. The number of hydrogen-bond donors (Lipinski definition) is 1. The molecule has 1 atom stereocenters. The van der Waals surface area contributed by atoms with Crippen molar-refractivity contribution in [3.63, 3.8) is 0 Å². The average Bonchev–Trinajstić information content (AvgIpc) is 2.35. The van der Waals surface area contributed by atoms with Gasteiger partial charge in [-0.1, -0.05) is 13.3 Å². The van der Waals surface area contributed by atoms with E-state index in [-0.39, 0.29) is 23.3 Å². The van der Waals surface area contributed by atoms with Crippen LogP contribution in [0.2, 0.25) is 0 Å². The van der Waals surface area contributed by atoms with Crippen molar-refractivity contribution in [3.8, 4) is 0 Å². The van der Waals surface area contributed by atoms with Crippen molar-refractivity contribution in [2.24, 2.45) is 5.92 Å². The van der Waals surface area contributed by atoms with E-state index in [1.165, 1.54) is 4.90 Å². The molecule has 0 radical (unpaired) electrons. The lowest BCUT2D eigenvalue weighted by Crippen LogP contribution is -2.38. The average molecular weight is 290 g/mol. The number of carbonyl (C=O) groups excluding carboxylic acids is 1. The molecule has 5 nitrogen and oxygen atoms in total. The first-order valence-electron chi connectivity index (χ1n) is 7.09. The van der Waals surface area contributed by atoms with Crippen LogP contribution in [0.3, 0.4) is 0 Å². The Morgan fingerprint density at radius 3 is 2.74 bits per heavy atom. The van der Waals surface area contributed by atoms with Gasteiger partial charge in [-0.3, -0.25) is 4.79 Å². The molecule has 1 fully saturated rings. The molecule has 0 aliphatic carbocycles. The lowest BCUT2D eigenvalue weighted by molar-refractivity contribution is -0.127. The first kappa shape index (κ1) is 16.4. The van der Waals surface area contributed by atoms with Crippen LogP contribution in [0.5, 0.6) is 0 Å². The van der Waals surface area contributed by atoms with Crippen LogP contribution in [0.25, 0.3) is 0 Å². The first-order chi connectivity index (χ1) is 8.94. The second kappa shape index (κ2) is 7.85. The predicted molar refractivity (Wildman–Crippen MR) is 76.8 cm³/mol. The van der Waals surface area contributed by atoms with Crippen LogP contribution >= 0.6 is 0 Å². The second-order valence-corrected chi connectivity index (χ2v) is 7.54. The molecule has 1 heterocycles. The van der Waals surface area contributed by atoms with Crippen molar-refractivity contribution in [1.82, 2.24) is 10.2 Å². The van der Waals surface area contributed by atoms with Gasteiger partial charge in [-0.05, 0) is 38.3 Å². The summed E-state index contributed by atoms with van der Waals surface area (Å²) in [6, 6.07) is 0. The largest absolute Gasteiger partial charge is 0.345 e. The number of carbonyl (C=O) groups is 1. The maximum absolute atomic E-state index is 12.0. The standard InChI is InChI=1S/C13H26N2O3S/c1-3-4-8-15(2)13(16)11-19(17,18)10-12-6-5-7-14-9-12/h12,14H,3-11H2,1-2H3. The SMILES string of the molecule is CCCCN(C)C(=O)CS(=O)(=O)CC1CCCNC1. The molecule has 0 saturated carbocycles. The maximum Gasteiger partial charge on any atom is 0.237 e. The van der Waals surface area contributed by atoms with Gasteiger partial charge in [0.15, 0.2) is 9.84 Å². The quantitative estimate of drug-likeness (QED) is 0.748.